The molecule has 6 heteroatoms. The molecule has 2 aliphatic rings. The van der Waals surface area contributed by atoms with E-state index in [1.54, 1.807) is 0 Å². The Balaban J connectivity index is 1.05. The Bertz CT molecular complexity index is 2890. The smallest absolute Gasteiger partial charge is 0.143 e. The summed E-state index contributed by atoms with van der Waals surface area (Å²) < 4.78 is 10.3. The third kappa shape index (κ3) is 4.64. The van der Waals surface area contributed by atoms with E-state index >= 15 is 0 Å². The standard InChI is InChI=1S/C45H31N3OS2/c1-2-11-26(12-3-1)43-46-44(48-45(47-43)34-18-10-22-38-41(34)32-14-5-7-20-36(32)50-38)27-23-24-33-39(25-27)51-37-21-9-15-29(40(33)37)31-17-8-16-30-28-13-4-6-19-35(28)49-42(30)31/h1-9,11-21,23-25,43,45,47H,10,22H2,(H,46,48). The number of benzene rings is 6. The van der Waals surface area contributed by atoms with Gasteiger partial charge in [-0.1, -0.05) is 115 Å². The van der Waals surface area contributed by atoms with E-state index in [9.17, 15) is 0 Å². The number of allylic oxidation sites excluding steroid dienone is 1. The quantitative estimate of drug-likeness (QED) is 0.193. The van der Waals surface area contributed by atoms with Crippen molar-refractivity contribution in [2.45, 2.75) is 25.2 Å². The van der Waals surface area contributed by atoms with Crippen molar-refractivity contribution < 1.29 is 4.42 Å². The molecule has 51 heavy (non-hydrogen) atoms. The number of thiophene rings is 2. The summed E-state index contributed by atoms with van der Waals surface area (Å²) >= 11 is 3.77. The number of aryl methyl sites for hydroxylation is 1. The second-order valence-electron chi connectivity index (χ2n) is 13.4. The number of furan rings is 1. The molecule has 0 bridgehead atoms. The second kappa shape index (κ2) is 11.5. The minimum absolute atomic E-state index is 0.0890. The lowest BCUT2D eigenvalue weighted by molar-refractivity contribution is 0.449. The van der Waals surface area contributed by atoms with E-state index in [1.165, 1.54) is 57.4 Å². The van der Waals surface area contributed by atoms with Crippen LogP contribution < -0.4 is 10.6 Å². The van der Waals surface area contributed by atoms with Crippen molar-refractivity contribution in [2.75, 3.05) is 0 Å². The van der Waals surface area contributed by atoms with Crippen molar-refractivity contribution in [1.29, 1.82) is 0 Å². The van der Waals surface area contributed by atoms with Crippen molar-refractivity contribution in [1.82, 2.24) is 10.6 Å². The summed E-state index contributed by atoms with van der Waals surface area (Å²) in [6.45, 7) is 0. The van der Waals surface area contributed by atoms with E-state index in [4.69, 9.17) is 9.41 Å². The van der Waals surface area contributed by atoms with Crippen LogP contribution in [-0.2, 0) is 6.42 Å². The molecular weight excluding hydrogens is 663 g/mol. The van der Waals surface area contributed by atoms with Crippen molar-refractivity contribution in [3.05, 3.63) is 161 Å². The average Bonchev–Trinajstić information content (AvgIpc) is 3.89. The van der Waals surface area contributed by atoms with Gasteiger partial charge in [0.25, 0.3) is 0 Å². The van der Waals surface area contributed by atoms with Gasteiger partial charge in [0.05, 0.1) is 0 Å². The molecule has 1 aliphatic carbocycles. The van der Waals surface area contributed by atoms with Gasteiger partial charge in [-0.15, -0.1) is 22.7 Å². The Kier molecular flexibility index (Phi) is 6.59. The molecule has 244 valence electrons. The van der Waals surface area contributed by atoms with Crippen LogP contribution >= 0.6 is 22.7 Å². The van der Waals surface area contributed by atoms with Gasteiger partial charge in [-0.3, -0.25) is 5.32 Å². The zero-order chi connectivity index (χ0) is 33.5. The maximum atomic E-state index is 6.49. The molecule has 0 fully saturated rings. The van der Waals surface area contributed by atoms with Crippen molar-refractivity contribution in [3.8, 4) is 11.1 Å². The van der Waals surface area contributed by atoms with Crippen LogP contribution in [-0.4, -0.2) is 12.0 Å². The zero-order valence-electron chi connectivity index (χ0n) is 27.5. The average molecular weight is 694 g/mol. The fraction of sp³-hybridized carbons (Fsp3) is 0.0889. The normalized spacial score (nSPS) is 17.6. The number of amidine groups is 1. The highest BCUT2D eigenvalue weighted by Gasteiger charge is 2.31. The fourth-order valence-electron chi connectivity index (χ4n) is 8.14. The minimum atomic E-state index is -0.183. The predicted molar refractivity (Wildman–Crippen MR) is 216 cm³/mol. The Hall–Kier alpha value is -5.53. The number of nitrogens with zero attached hydrogens (tertiary/aromatic N) is 1. The maximum Gasteiger partial charge on any atom is 0.143 e. The van der Waals surface area contributed by atoms with Gasteiger partial charge in [0.15, 0.2) is 0 Å². The fourth-order valence-corrected chi connectivity index (χ4v) is 10.6. The van der Waals surface area contributed by atoms with Crippen molar-refractivity contribution in [3.63, 3.8) is 0 Å². The van der Waals surface area contributed by atoms with Crippen LogP contribution in [0, 0.1) is 0 Å². The minimum Gasteiger partial charge on any atom is -0.455 e. The first kappa shape index (κ1) is 29.2. The molecule has 4 nitrogen and oxygen atoms in total. The number of hydrogen-bond acceptors (Lipinski definition) is 6. The molecule has 11 rings (SSSR count). The van der Waals surface area contributed by atoms with E-state index in [0.29, 0.717) is 0 Å². The lowest BCUT2D eigenvalue weighted by Gasteiger charge is -2.34. The molecular formula is C45H31N3OS2. The summed E-state index contributed by atoms with van der Waals surface area (Å²) in [7, 11) is 0. The molecule has 0 radical (unpaired) electrons. The Morgan fingerprint density at radius 3 is 2.37 bits per heavy atom. The van der Waals surface area contributed by atoms with Crippen LogP contribution in [0.2, 0.25) is 0 Å². The zero-order valence-corrected chi connectivity index (χ0v) is 29.2. The van der Waals surface area contributed by atoms with E-state index in [0.717, 1.165) is 51.7 Å². The molecule has 2 unspecified atom stereocenters. The largest absolute Gasteiger partial charge is 0.455 e. The van der Waals surface area contributed by atoms with Gasteiger partial charge in [0.1, 0.15) is 29.3 Å². The number of hydrogen-bond donors (Lipinski definition) is 2. The Morgan fingerprint density at radius 1 is 0.647 bits per heavy atom. The van der Waals surface area contributed by atoms with E-state index < -0.39 is 0 Å². The maximum absolute atomic E-state index is 6.49. The number of nitrogens with one attached hydrogen (secondary N) is 2. The molecule has 1 aliphatic heterocycles. The number of aliphatic imine (C=N–C) groups is 1. The van der Waals surface area contributed by atoms with Crippen molar-refractivity contribution in [2.24, 2.45) is 4.99 Å². The van der Waals surface area contributed by atoms with Crippen LogP contribution in [0.3, 0.4) is 0 Å². The van der Waals surface area contributed by atoms with Crippen molar-refractivity contribution >= 4 is 86.3 Å². The molecule has 0 spiro atoms. The first-order valence-corrected chi connectivity index (χ1v) is 19.1. The molecule has 0 saturated heterocycles. The molecule has 6 aromatic carbocycles. The van der Waals surface area contributed by atoms with Gasteiger partial charge in [-0.05, 0) is 53.8 Å². The second-order valence-corrected chi connectivity index (χ2v) is 15.6. The summed E-state index contributed by atoms with van der Waals surface area (Å²) in [6.07, 6.45) is 4.25. The molecule has 0 saturated carbocycles. The van der Waals surface area contributed by atoms with Crippen LogP contribution in [0.4, 0.5) is 0 Å². The summed E-state index contributed by atoms with van der Waals surface area (Å²) in [5, 5.41) is 13.8. The number of para-hydroxylation sites is 2. The van der Waals surface area contributed by atoms with Gasteiger partial charge < -0.3 is 9.73 Å². The number of fused-ring (bicyclic) bond motifs is 9. The summed E-state index contributed by atoms with van der Waals surface area (Å²) in [5.74, 6) is 0.909. The van der Waals surface area contributed by atoms with Gasteiger partial charge in [0, 0.05) is 62.6 Å². The number of rotatable bonds is 4. The topological polar surface area (TPSA) is 49.6 Å². The SMILES string of the molecule is C1=C(C2N=C(c3ccc4c(c3)sc3cccc(-c5cccc6c5oc5ccccc56)c34)NC(c3ccccc3)N2)c2c(sc3ccccc23)CC1. The first-order valence-electron chi connectivity index (χ1n) is 17.5. The predicted octanol–water partition coefficient (Wildman–Crippen LogP) is 11.8. The van der Waals surface area contributed by atoms with Gasteiger partial charge >= 0.3 is 0 Å². The van der Waals surface area contributed by atoms with Gasteiger partial charge in [0.2, 0.25) is 0 Å². The molecule has 3 aromatic heterocycles. The Morgan fingerprint density at radius 2 is 1.43 bits per heavy atom. The van der Waals surface area contributed by atoms with E-state index in [-0.39, 0.29) is 12.3 Å². The summed E-state index contributed by atoms with van der Waals surface area (Å²) in [5.41, 5.74) is 9.10. The lowest BCUT2D eigenvalue weighted by atomic mass is 9.92. The van der Waals surface area contributed by atoms with E-state index in [1.807, 2.05) is 28.7 Å². The van der Waals surface area contributed by atoms with Gasteiger partial charge in [-0.2, -0.15) is 0 Å². The molecule has 4 heterocycles. The van der Waals surface area contributed by atoms with Crippen LogP contribution in [0.5, 0.6) is 0 Å². The first-order chi connectivity index (χ1) is 25.3. The third-order valence-electron chi connectivity index (χ3n) is 10.4. The highest BCUT2D eigenvalue weighted by molar-refractivity contribution is 7.26. The Labute approximate surface area is 302 Å². The summed E-state index contributed by atoms with van der Waals surface area (Å²) in [4.78, 5) is 6.90. The van der Waals surface area contributed by atoms with Crippen LogP contribution in [0.25, 0.3) is 68.9 Å². The van der Waals surface area contributed by atoms with Crippen LogP contribution in [0.1, 0.15) is 34.2 Å². The monoisotopic (exact) mass is 693 g/mol. The molecule has 9 aromatic rings. The highest BCUT2D eigenvalue weighted by atomic mass is 32.1. The molecule has 0 amide bonds. The third-order valence-corrected chi connectivity index (χ3v) is 12.8. The van der Waals surface area contributed by atoms with Crippen LogP contribution in [0.15, 0.2) is 149 Å². The van der Waals surface area contributed by atoms with E-state index in [2.05, 4.69) is 144 Å². The molecule has 2 N–H and O–H groups in total. The highest BCUT2D eigenvalue weighted by Crippen LogP contribution is 2.45. The van der Waals surface area contributed by atoms with Gasteiger partial charge in [-0.25, -0.2) is 4.99 Å². The molecule has 2 atom stereocenters. The lowest BCUT2D eigenvalue weighted by Crippen LogP contribution is -2.49. The summed E-state index contributed by atoms with van der Waals surface area (Å²) in [6, 6.07) is 47.8.